The van der Waals surface area contributed by atoms with Gasteiger partial charge >= 0.3 is 59.1 Å². The average molecular weight is 108 g/mol. The predicted octanol–water partition coefficient (Wildman–Crippen LogP) is -6.18. The van der Waals surface area contributed by atoms with Gasteiger partial charge in [-0.3, -0.25) is 0 Å². The molecule has 0 aliphatic carbocycles. The van der Waals surface area contributed by atoms with E-state index >= 15 is 0 Å². The summed E-state index contributed by atoms with van der Waals surface area (Å²) in [6.07, 6.45) is 0. The van der Waals surface area contributed by atoms with Crippen LogP contribution >= 0.6 is 0 Å². The van der Waals surface area contributed by atoms with Crippen LogP contribution in [0.5, 0.6) is 0 Å². The van der Waals surface area contributed by atoms with Gasteiger partial charge in [0.05, 0.1) is 0 Å². The Morgan fingerprint density at radius 2 is 1.00 bits per heavy atom. The van der Waals surface area contributed by atoms with E-state index in [1.165, 1.54) is 0 Å². The van der Waals surface area contributed by atoms with E-state index in [0.29, 0.717) is 0 Å². The van der Waals surface area contributed by atoms with Crippen molar-refractivity contribution in [1.82, 2.24) is 0 Å². The molecule has 0 aromatic rings. The van der Waals surface area contributed by atoms with Crippen molar-refractivity contribution < 1.29 is 63.9 Å². The second-order valence-electron chi connectivity index (χ2n) is 0. The van der Waals surface area contributed by atoms with E-state index in [2.05, 4.69) is 0 Å². The molecule has 1 nitrogen and oxygen atoms in total. The minimum absolute atomic E-state index is 0. The quantitative estimate of drug-likeness (QED) is 0.282. The summed E-state index contributed by atoms with van der Waals surface area (Å²) in [6, 6.07) is 0. The largest absolute Gasteiger partial charge is 2.00 e. The third-order valence-corrected chi connectivity index (χ3v) is 0. The fourth-order valence-electron chi connectivity index (χ4n) is 0. The van der Waals surface area contributed by atoms with Crippen LogP contribution in [0.25, 0.3) is 0 Å². The van der Waals surface area contributed by atoms with Crippen molar-refractivity contribution in [3.8, 4) is 0 Å². The maximum Gasteiger partial charge on any atom is 1.00 e. The summed E-state index contributed by atoms with van der Waals surface area (Å²) in [7, 11) is 0. The van der Waals surface area contributed by atoms with Crippen LogP contribution < -0.4 is 59.1 Å². The Balaban J connectivity index is -0.00000000167. The first-order valence-corrected chi connectivity index (χ1v) is 0.289. The summed E-state index contributed by atoms with van der Waals surface area (Å²) in [5, 5.41) is 0. The molecular weight excluding hydrogens is 106 g/mol. The molecule has 0 heterocycles. The Bertz CT molecular complexity index is 9.61. The second-order valence-corrected chi connectivity index (χ2v) is 0. The summed E-state index contributed by atoms with van der Waals surface area (Å²) in [4.78, 5) is 8.00. The zero-order chi connectivity index (χ0) is 2.00. The van der Waals surface area contributed by atoms with Gasteiger partial charge in [0.15, 0.2) is 0 Å². The number of hydrogen-bond acceptors (Lipinski definition) is 1. The van der Waals surface area contributed by atoms with Crippen LogP contribution in [0.3, 0.4) is 0 Å². The number of carbonyl (C=O) groups excluding carboxylic acids is 1. The Labute approximate surface area is 82.9 Å². The fraction of sp³-hybridized carbons (Fsp3) is 0. The van der Waals surface area contributed by atoms with E-state index in [0.717, 1.165) is 0 Å². The molecule has 0 rings (SSSR count). The van der Waals surface area contributed by atoms with Crippen molar-refractivity contribution in [2.45, 2.75) is 0 Å². The summed E-state index contributed by atoms with van der Waals surface area (Å²) < 4.78 is 0. The normalized spacial score (nSPS) is 0.800. The van der Waals surface area contributed by atoms with Gasteiger partial charge in [-0.05, 0) is 0 Å². The maximum absolute atomic E-state index is 8.00. The first-order chi connectivity index (χ1) is 1.00. The SMILES string of the molecule is C=O.[Na+].[Na+].[S-2]. The van der Waals surface area contributed by atoms with Crippen molar-refractivity contribution in [3.63, 3.8) is 0 Å². The van der Waals surface area contributed by atoms with Crippen LogP contribution in [0.15, 0.2) is 0 Å². The van der Waals surface area contributed by atoms with Crippen molar-refractivity contribution in [1.29, 1.82) is 0 Å². The number of hydrogen-bond donors (Lipinski definition) is 0. The van der Waals surface area contributed by atoms with Crippen LogP contribution in [0.4, 0.5) is 0 Å². The average Bonchev–Trinajstić information content (AvgIpc) is 1.00. The van der Waals surface area contributed by atoms with Gasteiger partial charge in [-0.2, -0.15) is 0 Å². The van der Waals surface area contributed by atoms with Crippen LogP contribution in [-0.2, 0) is 18.3 Å². The molecule has 0 amide bonds. The van der Waals surface area contributed by atoms with Gasteiger partial charge in [0.25, 0.3) is 0 Å². The van der Waals surface area contributed by atoms with Gasteiger partial charge in [0.2, 0.25) is 0 Å². The second kappa shape index (κ2) is 37.2. The van der Waals surface area contributed by atoms with Crippen LogP contribution in [0.1, 0.15) is 0 Å². The summed E-state index contributed by atoms with van der Waals surface area (Å²) >= 11 is 0. The molecule has 0 saturated heterocycles. The smallest absolute Gasteiger partial charge is 1.00 e. The molecule has 5 heavy (non-hydrogen) atoms. The van der Waals surface area contributed by atoms with Crippen molar-refractivity contribution in [2.75, 3.05) is 0 Å². The first-order valence-electron chi connectivity index (χ1n) is 0.289. The van der Waals surface area contributed by atoms with Gasteiger partial charge in [0.1, 0.15) is 6.79 Å². The van der Waals surface area contributed by atoms with Crippen molar-refractivity contribution in [2.24, 2.45) is 0 Å². The van der Waals surface area contributed by atoms with Gasteiger partial charge < -0.3 is 18.3 Å². The molecule has 0 spiro atoms. The molecule has 0 atom stereocenters. The zero-order valence-electron chi connectivity index (χ0n) is 3.52. The molecule has 0 unspecified atom stereocenters. The molecule has 0 fully saturated rings. The van der Waals surface area contributed by atoms with E-state index in [1.54, 1.807) is 0 Å². The first kappa shape index (κ1) is 27.9. The van der Waals surface area contributed by atoms with Gasteiger partial charge in [0, 0.05) is 0 Å². The molecule has 0 aromatic heterocycles. The molecule has 0 aliphatic heterocycles. The molecule has 0 aromatic carbocycles. The molecule has 0 bridgehead atoms. The van der Waals surface area contributed by atoms with Gasteiger partial charge in [-0.15, -0.1) is 0 Å². The van der Waals surface area contributed by atoms with Crippen LogP contribution in [-0.4, -0.2) is 6.79 Å². The maximum atomic E-state index is 8.00. The standard InChI is InChI=1S/CH2O.2Na.S/c1-2;;;/h1H2;;;/q;2*+1;-2. The zero-order valence-corrected chi connectivity index (χ0v) is 8.34. The minimum Gasteiger partial charge on any atom is -2.00 e. The third kappa shape index (κ3) is 23.8. The summed E-state index contributed by atoms with van der Waals surface area (Å²) in [5.74, 6) is 0. The Kier molecular flexibility index (Phi) is 207. The molecule has 0 radical (unpaired) electrons. The molecule has 0 aliphatic rings. The monoisotopic (exact) mass is 108 g/mol. The van der Waals surface area contributed by atoms with E-state index in [9.17, 15) is 0 Å². The molecule has 4 heteroatoms. The van der Waals surface area contributed by atoms with E-state index < -0.39 is 0 Å². The van der Waals surface area contributed by atoms with Gasteiger partial charge in [-0.1, -0.05) is 0 Å². The molecular formula is CH2Na2OS. The van der Waals surface area contributed by atoms with E-state index in [4.69, 9.17) is 4.79 Å². The summed E-state index contributed by atoms with van der Waals surface area (Å²) in [6.45, 7) is 2.00. The molecule has 20 valence electrons. The van der Waals surface area contributed by atoms with E-state index in [1.807, 2.05) is 6.79 Å². The molecule has 0 saturated carbocycles. The third-order valence-electron chi connectivity index (χ3n) is 0. The van der Waals surface area contributed by atoms with Crippen LogP contribution in [0, 0.1) is 0 Å². The summed E-state index contributed by atoms with van der Waals surface area (Å²) in [5.41, 5.74) is 0. The minimum atomic E-state index is 0. The number of carbonyl (C=O) groups is 1. The van der Waals surface area contributed by atoms with Crippen molar-refractivity contribution in [3.05, 3.63) is 0 Å². The Morgan fingerprint density at radius 3 is 1.00 bits per heavy atom. The van der Waals surface area contributed by atoms with Gasteiger partial charge in [-0.25, -0.2) is 0 Å². The Hall–Kier alpha value is 2.02. The van der Waals surface area contributed by atoms with Crippen molar-refractivity contribution >= 4 is 20.3 Å². The predicted molar refractivity (Wildman–Crippen MR) is 14.5 cm³/mol. The van der Waals surface area contributed by atoms with Crippen LogP contribution in [0.2, 0.25) is 0 Å². The topological polar surface area (TPSA) is 17.1 Å². The Morgan fingerprint density at radius 1 is 1.00 bits per heavy atom. The number of rotatable bonds is 0. The van der Waals surface area contributed by atoms with E-state index in [-0.39, 0.29) is 72.6 Å². The molecule has 0 N–H and O–H groups in total. The fourth-order valence-corrected chi connectivity index (χ4v) is 0.